The van der Waals surface area contributed by atoms with Gasteiger partial charge in [0.1, 0.15) is 6.04 Å². The number of carbonyl (C=O) groups is 4. The third-order valence-corrected chi connectivity index (χ3v) is 16.1. The molecule has 4 amide bonds. The van der Waals surface area contributed by atoms with Crippen LogP contribution in [0.5, 0.6) is 0 Å². The standard InChI is InChI=1S/C46H73N5O6/c1-2-38(31-6-4-3-5-7-31)43(32-8-13-35(52)14-9-32)33-10-15-36(16-11-33)57-37-20-22-48(23-21-37)24-25-49-26-28-50(29-27-49)34-12-17-39-40(30-34)46(56)51(45(39)55)41-18-19-42(53)47-44(41)54/h31-37,39-41,52H,2-30H2,1H3,(H,47,53,54)/b43-38-. The molecule has 0 aromatic rings. The maximum atomic E-state index is 13.5. The summed E-state index contributed by atoms with van der Waals surface area (Å²) in [5, 5.41) is 12.6. The summed E-state index contributed by atoms with van der Waals surface area (Å²) in [7, 11) is 0. The summed E-state index contributed by atoms with van der Waals surface area (Å²) in [5.74, 6) is 0.280. The summed E-state index contributed by atoms with van der Waals surface area (Å²) in [6.45, 7) is 10.9. The lowest BCUT2D eigenvalue weighted by molar-refractivity contribution is -0.151. The number of hydrogen-bond donors (Lipinski definition) is 2. The molecule has 4 saturated carbocycles. The van der Waals surface area contributed by atoms with E-state index in [0.29, 0.717) is 37.0 Å². The molecule has 0 bridgehead atoms. The van der Waals surface area contributed by atoms with E-state index in [-0.39, 0.29) is 48.5 Å². The van der Waals surface area contributed by atoms with E-state index < -0.39 is 11.9 Å². The minimum atomic E-state index is -0.844. The topological polar surface area (TPSA) is 123 Å². The van der Waals surface area contributed by atoms with E-state index in [0.717, 1.165) is 96.3 Å². The second kappa shape index (κ2) is 19.0. The summed E-state index contributed by atoms with van der Waals surface area (Å²) >= 11 is 0. The number of amides is 4. The zero-order chi connectivity index (χ0) is 39.5. The van der Waals surface area contributed by atoms with Crippen molar-refractivity contribution in [2.45, 2.75) is 172 Å². The van der Waals surface area contributed by atoms with E-state index in [4.69, 9.17) is 4.74 Å². The number of ether oxygens (including phenoxy) is 1. The Kier molecular flexibility index (Phi) is 13.9. The summed E-state index contributed by atoms with van der Waals surface area (Å²) in [6.07, 6.45) is 23.2. The van der Waals surface area contributed by atoms with E-state index in [1.165, 1.54) is 81.9 Å². The predicted octanol–water partition coefficient (Wildman–Crippen LogP) is 5.44. The van der Waals surface area contributed by atoms with Gasteiger partial charge in [-0.1, -0.05) is 37.3 Å². The molecule has 4 aliphatic heterocycles. The van der Waals surface area contributed by atoms with Crippen LogP contribution < -0.4 is 5.32 Å². The number of piperidine rings is 2. The first-order valence-electron chi connectivity index (χ1n) is 23.7. The highest BCUT2D eigenvalue weighted by Crippen LogP contribution is 2.46. The molecule has 8 rings (SSSR count). The second-order valence-corrected chi connectivity index (χ2v) is 19.4. The van der Waals surface area contributed by atoms with E-state index in [2.05, 4.69) is 26.9 Å². The molecule has 0 aromatic heterocycles. The number of carbonyl (C=O) groups excluding carboxylic acids is 4. The molecule has 0 aromatic carbocycles. The van der Waals surface area contributed by atoms with Gasteiger partial charge in [-0.15, -0.1) is 0 Å². The third-order valence-electron chi connectivity index (χ3n) is 16.1. The summed E-state index contributed by atoms with van der Waals surface area (Å²) in [6, 6.07) is -0.551. The first kappa shape index (κ1) is 41.5. The SMILES string of the molecule is CC/C(=C(\C1CCC(O)CC1)C1CCC(OC2CCN(CCN3CCN(C4CCC5C(=O)N(C6CCC(=O)NC6=O)C(=O)C5C4)CC3)CC2)CC1)C1CCCCC1. The molecular formula is C46H73N5O6. The lowest BCUT2D eigenvalue weighted by Crippen LogP contribution is -2.54. The Morgan fingerprint density at radius 3 is 1.91 bits per heavy atom. The minimum absolute atomic E-state index is 0.0867. The number of piperazine rings is 1. The van der Waals surface area contributed by atoms with Gasteiger partial charge in [-0.2, -0.15) is 0 Å². The smallest absolute Gasteiger partial charge is 0.249 e. The van der Waals surface area contributed by atoms with Crippen LogP contribution in [0.25, 0.3) is 0 Å². The number of allylic oxidation sites excluding steroid dienone is 2. The van der Waals surface area contributed by atoms with Crippen molar-refractivity contribution in [2.24, 2.45) is 29.6 Å². The molecule has 4 atom stereocenters. The van der Waals surface area contributed by atoms with Gasteiger partial charge in [0.2, 0.25) is 23.6 Å². The van der Waals surface area contributed by atoms with Gasteiger partial charge in [0.15, 0.2) is 0 Å². The van der Waals surface area contributed by atoms with E-state index in [1.807, 2.05) is 11.1 Å². The van der Waals surface area contributed by atoms with Crippen LogP contribution in [0.1, 0.15) is 142 Å². The maximum Gasteiger partial charge on any atom is 0.249 e. The Bertz CT molecular complexity index is 1450. The van der Waals surface area contributed by atoms with Gasteiger partial charge in [-0.05, 0) is 127 Å². The van der Waals surface area contributed by atoms with Crippen molar-refractivity contribution in [3.8, 4) is 0 Å². The van der Waals surface area contributed by atoms with Crippen molar-refractivity contribution >= 4 is 23.6 Å². The van der Waals surface area contributed by atoms with Crippen LogP contribution in [0, 0.1) is 29.6 Å². The quantitative estimate of drug-likeness (QED) is 0.208. The van der Waals surface area contributed by atoms with Crippen LogP contribution in [0.2, 0.25) is 0 Å². The molecule has 8 fully saturated rings. The van der Waals surface area contributed by atoms with E-state index >= 15 is 0 Å². The fraction of sp³-hybridized carbons (Fsp3) is 0.870. The third kappa shape index (κ3) is 9.58. The van der Waals surface area contributed by atoms with E-state index in [1.54, 1.807) is 0 Å². The van der Waals surface area contributed by atoms with Gasteiger partial charge in [0.05, 0.1) is 30.1 Å². The number of nitrogens with one attached hydrogen (secondary N) is 1. The van der Waals surface area contributed by atoms with Gasteiger partial charge < -0.3 is 14.7 Å². The van der Waals surface area contributed by atoms with Crippen molar-refractivity contribution in [1.82, 2.24) is 24.9 Å². The Hall–Kier alpha value is -2.18. The maximum absolute atomic E-state index is 13.5. The highest BCUT2D eigenvalue weighted by molar-refractivity contribution is 6.10. The first-order valence-corrected chi connectivity index (χ1v) is 23.7. The van der Waals surface area contributed by atoms with Crippen LogP contribution in [0.4, 0.5) is 0 Å². The van der Waals surface area contributed by atoms with E-state index in [9.17, 15) is 24.3 Å². The van der Waals surface area contributed by atoms with Gasteiger partial charge >= 0.3 is 0 Å². The lowest BCUT2D eigenvalue weighted by Gasteiger charge is -2.43. The molecule has 8 aliphatic rings. The van der Waals surface area contributed by atoms with Gasteiger partial charge in [-0.25, -0.2) is 0 Å². The average molecular weight is 792 g/mol. The van der Waals surface area contributed by atoms with Crippen LogP contribution in [0.15, 0.2) is 11.1 Å². The summed E-state index contributed by atoms with van der Waals surface area (Å²) < 4.78 is 6.86. The Balaban J connectivity index is 0.739. The molecular weight excluding hydrogens is 719 g/mol. The normalized spacial score (nSPS) is 36.6. The fourth-order valence-electron chi connectivity index (χ4n) is 12.9. The molecule has 318 valence electrons. The number of nitrogens with zero attached hydrogens (tertiary/aromatic N) is 4. The number of aliphatic hydroxyl groups is 1. The van der Waals surface area contributed by atoms with Crippen molar-refractivity contribution < 1.29 is 29.0 Å². The van der Waals surface area contributed by atoms with Crippen molar-refractivity contribution in [2.75, 3.05) is 52.4 Å². The van der Waals surface area contributed by atoms with Crippen molar-refractivity contribution in [3.05, 3.63) is 11.1 Å². The molecule has 4 heterocycles. The van der Waals surface area contributed by atoms with Crippen LogP contribution >= 0.6 is 0 Å². The molecule has 4 saturated heterocycles. The Morgan fingerprint density at radius 1 is 0.649 bits per heavy atom. The number of hydrogen-bond acceptors (Lipinski definition) is 9. The molecule has 2 N–H and O–H groups in total. The highest BCUT2D eigenvalue weighted by atomic mass is 16.5. The second-order valence-electron chi connectivity index (χ2n) is 19.4. The number of fused-ring (bicyclic) bond motifs is 1. The zero-order valence-corrected chi connectivity index (χ0v) is 35.1. The van der Waals surface area contributed by atoms with Crippen molar-refractivity contribution in [3.63, 3.8) is 0 Å². The monoisotopic (exact) mass is 792 g/mol. The zero-order valence-electron chi connectivity index (χ0n) is 35.1. The Morgan fingerprint density at radius 2 is 1.26 bits per heavy atom. The number of imide groups is 2. The van der Waals surface area contributed by atoms with Gasteiger partial charge in [0, 0.05) is 64.8 Å². The summed E-state index contributed by atoms with van der Waals surface area (Å²) in [4.78, 5) is 59.9. The highest BCUT2D eigenvalue weighted by Gasteiger charge is 2.54. The van der Waals surface area contributed by atoms with Crippen LogP contribution in [0.3, 0.4) is 0 Å². The fourth-order valence-corrected chi connectivity index (χ4v) is 12.9. The lowest BCUT2D eigenvalue weighted by atomic mass is 9.68. The van der Waals surface area contributed by atoms with Crippen LogP contribution in [-0.4, -0.2) is 131 Å². The molecule has 4 aliphatic carbocycles. The van der Waals surface area contributed by atoms with Gasteiger partial charge in [-0.3, -0.25) is 39.2 Å². The largest absolute Gasteiger partial charge is 0.393 e. The Labute approximate surface area is 342 Å². The molecule has 0 spiro atoms. The summed E-state index contributed by atoms with van der Waals surface area (Å²) in [5.41, 5.74) is 3.69. The molecule has 57 heavy (non-hydrogen) atoms. The molecule has 4 unspecified atom stereocenters. The minimum Gasteiger partial charge on any atom is -0.393 e. The number of aliphatic hydroxyl groups excluding tert-OH is 1. The van der Waals surface area contributed by atoms with Crippen molar-refractivity contribution in [1.29, 1.82) is 0 Å². The first-order chi connectivity index (χ1) is 27.7. The molecule has 0 radical (unpaired) electrons. The molecule has 11 heteroatoms. The van der Waals surface area contributed by atoms with Crippen LogP contribution in [-0.2, 0) is 23.9 Å². The molecule has 11 nitrogen and oxygen atoms in total. The average Bonchev–Trinajstić information content (AvgIpc) is 3.48. The van der Waals surface area contributed by atoms with Gasteiger partial charge in [0.25, 0.3) is 0 Å². The predicted molar refractivity (Wildman–Crippen MR) is 219 cm³/mol. The number of rotatable bonds is 11. The number of likely N-dealkylation sites (tertiary alicyclic amines) is 2.